The van der Waals surface area contributed by atoms with Crippen LogP contribution in [0.3, 0.4) is 0 Å². The van der Waals surface area contributed by atoms with Crippen molar-refractivity contribution in [3.05, 3.63) is 63.2 Å². The first-order valence-electron chi connectivity index (χ1n) is 15.0. The largest absolute Gasteiger partial charge is 0.493 e. The summed E-state index contributed by atoms with van der Waals surface area (Å²) in [5.41, 5.74) is -1.55. The summed E-state index contributed by atoms with van der Waals surface area (Å²) in [5.74, 6) is -7.97. The van der Waals surface area contributed by atoms with Crippen LogP contribution in [0.5, 0.6) is 5.75 Å². The van der Waals surface area contributed by atoms with E-state index in [0.717, 1.165) is 6.07 Å². The Bertz CT molecular complexity index is 1730. The van der Waals surface area contributed by atoms with Crippen molar-refractivity contribution >= 4 is 33.5 Å². The predicted molar refractivity (Wildman–Crippen MR) is 151 cm³/mol. The highest BCUT2D eigenvalue weighted by Gasteiger charge is 2.51. The lowest BCUT2D eigenvalue weighted by Crippen LogP contribution is -2.47. The number of halogens is 9. The van der Waals surface area contributed by atoms with Crippen LogP contribution in [0.15, 0.2) is 24.3 Å². The van der Waals surface area contributed by atoms with Gasteiger partial charge in [0.05, 0.1) is 21.4 Å². The van der Waals surface area contributed by atoms with Gasteiger partial charge < -0.3 is 9.57 Å². The van der Waals surface area contributed by atoms with Gasteiger partial charge in [0.15, 0.2) is 11.6 Å². The summed E-state index contributed by atoms with van der Waals surface area (Å²) in [5, 5.41) is -2.07. The van der Waals surface area contributed by atoms with Crippen LogP contribution in [-0.4, -0.2) is 59.3 Å². The topological polar surface area (TPSA) is 93.2 Å². The molecule has 4 aliphatic rings. The van der Waals surface area contributed by atoms with Crippen LogP contribution in [0, 0.1) is 11.6 Å². The molecule has 4 fully saturated rings. The smallest absolute Gasteiger partial charge is 0.487 e. The number of sulfonamides is 1. The van der Waals surface area contributed by atoms with E-state index < -0.39 is 83.6 Å². The lowest BCUT2D eigenvalue weighted by atomic mass is 9.93. The second-order valence-electron chi connectivity index (χ2n) is 12.5. The highest BCUT2D eigenvalue weighted by molar-refractivity contribution is 7.90. The Morgan fingerprint density at radius 1 is 0.938 bits per heavy atom. The molecule has 2 aromatic carbocycles. The maximum absolute atomic E-state index is 15.6. The fourth-order valence-electron chi connectivity index (χ4n) is 6.50. The van der Waals surface area contributed by atoms with E-state index in [4.69, 9.17) is 16.3 Å². The van der Waals surface area contributed by atoms with E-state index in [-0.39, 0.29) is 55.8 Å². The molecule has 1 amide bonds. The first-order valence-corrected chi connectivity index (χ1v) is 16.9. The van der Waals surface area contributed by atoms with Crippen LogP contribution < -0.4 is 4.74 Å². The zero-order valence-corrected chi connectivity index (χ0v) is 26.3. The molecule has 2 aliphatic heterocycles. The number of nitrogens with zero attached hydrogens (tertiary/aromatic N) is 2. The van der Waals surface area contributed by atoms with Crippen molar-refractivity contribution in [1.82, 2.24) is 9.37 Å². The van der Waals surface area contributed by atoms with Crippen LogP contribution in [-0.2, 0) is 32.4 Å². The quantitative estimate of drug-likeness (QED) is 0.213. The Morgan fingerprint density at radius 2 is 1.56 bits per heavy atom. The molecule has 2 saturated carbocycles. The van der Waals surface area contributed by atoms with Gasteiger partial charge in [0.1, 0.15) is 11.9 Å². The molecule has 262 valence electrons. The standard InChI is InChI=1S/C30H27ClF8N2O6S/c31-22-9-15(29(34,35)36)10-24(26(22)33)46-18-11-16-3-4-17(12-18)40(16)13-21-20(14-1-2-14)7-8-23(32)25(21)27(42)41(47-28(43)30(37,38)39)48(44,45)19-5-6-19/h7-10,14,16-19H,1-6,11-13H2. The third kappa shape index (κ3) is 6.82. The Balaban J connectivity index is 1.29. The van der Waals surface area contributed by atoms with Crippen LogP contribution in [0.2, 0.25) is 5.02 Å². The molecule has 0 N–H and O–H groups in total. The number of hydroxylamine groups is 1. The molecule has 2 aliphatic carbocycles. The van der Waals surface area contributed by atoms with Gasteiger partial charge >= 0.3 is 24.2 Å². The van der Waals surface area contributed by atoms with Crippen molar-refractivity contribution in [2.75, 3.05) is 0 Å². The average Bonchev–Trinajstić information content (AvgIpc) is 3.90. The van der Waals surface area contributed by atoms with E-state index in [2.05, 4.69) is 4.84 Å². The van der Waals surface area contributed by atoms with Gasteiger partial charge in [0.25, 0.3) is 10.0 Å². The summed E-state index contributed by atoms with van der Waals surface area (Å²) in [6.07, 6.45) is -8.49. The molecule has 0 radical (unpaired) electrons. The number of rotatable bonds is 8. The molecular formula is C30H27ClF8N2O6S. The van der Waals surface area contributed by atoms with E-state index in [9.17, 15) is 48.7 Å². The van der Waals surface area contributed by atoms with Crippen molar-refractivity contribution in [3.8, 4) is 5.75 Å². The molecule has 2 saturated heterocycles. The van der Waals surface area contributed by atoms with Gasteiger partial charge in [-0.1, -0.05) is 22.1 Å². The molecule has 48 heavy (non-hydrogen) atoms. The number of carbonyl (C=O) groups is 2. The highest BCUT2D eigenvalue weighted by Crippen LogP contribution is 2.46. The number of ether oxygens (including phenoxy) is 1. The third-order valence-corrected chi connectivity index (χ3v) is 11.4. The maximum Gasteiger partial charge on any atom is 0.493 e. The lowest BCUT2D eigenvalue weighted by molar-refractivity contribution is -0.217. The van der Waals surface area contributed by atoms with E-state index in [1.54, 1.807) is 0 Å². The van der Waals surface area contributed by atoms with Crippen molar-refractivity contribution in [1.29, 1.82) is 0 Å². The Hall–Kier alpha value is -3.18. The average molecular weight is 731 g/mol. The summed E-state index contributed by atoms with van der Waals surface area (Å²) in [7, 11) is -4.95. The number of hydrogen-bond acceptors (Lipinski definition) is 7. The van der Waals surface area contributed by atoms with E-state index >= 15 is 4.39 Å². The normalized spacial score (nSPS) is 23.2. The molecule has 6 rings (SSSR count). The molecule has 2 aromatic rings. The van der Waals surface area contributed by atoms with Crippen LogP contribution in [0.1, 0.15) is 84.3 Å². The molecule has 2 atom stereocenters. The fourth-order valence-corrected chi connectivity index (χ4v) is 8.20. The number of hydrogen-bond donors (Lipinski definition) is 0. The summed E-state index contributed by atoms with van der Waals surface area (Å²) in [4.78, 5) is 31.5. The molecule has 8 nitrogen and oxygen atoms in total. The van der Waals surface area contributed by atoms with E-state index in [1.165, 1.54) is 6.07 Å². The maximum atomic E-state index is 15.6. The Morgan fingerprint density at radius 3 is 2.10 bits per heavy atom. The zero-order valence-electron chi connectivity index (χ0n) is 24.7. The second-order valence-corrected chi connectivity index (χ2v) is 14.9. The van der Waals surface area contributed by atoms with Crippen molar-refractivity contribution in [3.63, 3.8) is 0 Å². The Labute approximate surface area is 273 Å². The zero-order chi connectivity index (χ0) is 34.9. The molecule has 18 heteroatoms. The van der Waals surface area contributed by atoms with Gasteiger partial charge in [-0.2, -0.15) is 26.3 Å². The first kappa shape index (κ1) is 34.7. The van der Waals surface area contributed by atoms with Crippen molar-refractivity contribution in [2.45, 2.75) is 99.6 Å². The Kier molecular flexibility index (Phi) is 8.89. The minimum absolute atomic E-state index is 0.00981. The minimum Gasteiger partial charge on any atom is -0.487 e. The van der Waals surface area contributed by atoms with E-state index in [0.29, 0.717) is 43.4 Å². The minimum atomic E-state index is -5.66. The summed E-state index contributed by atoms with van der Waals surface area (Å²) in [6.45, 7) is -0.152. The van der Waals surface area contributed by atoms with Gasteiger partial charge in [-0.05, 0) is 86.6 Å². The molecule has 0 aromatic heterocycles. The molecule has 0 spiro atoms. The fraction of sp³-hybridized carbons (Fsp3) is 0.533. The molecule has 2 heterocycles. The predicted octanol–water partition coefficient (Wildman–Crippen LogP) is 7.04. The summed E-state index contributed by atoms with van der Waals surface area (Å²) in [6, 6.07) is 2.58. The van der Waals surface area contributed by atoms with Crippen molar-refractivity contribution < 1.29 is 62.7 Å². The number of piperidine rings is 1. The van der Waals surface area contributed by atoms with Crippen LogP contribution in [0.4, 0.5) is 35.1 Å². The van der Waals surface area contributed by atoms with Crippen LogP contribution >= 0.6 is 11.6 Å². The van der Waals surface area contributed by atoms with Gasteiger partial charge in [0, 0.05) is 18.6 Å². The van der Waals surface area contributed by atoms with Gasteiger partial charge in [0.2, 0.25) is 0 Å². The lowest BCUT2D eigenvalue weighted by Gasteiger charge is -2.39. The van der Waals surface area contributed by atoms with Gasteiger partial charge in [-0.25, -0.2) is 22.0 Å². The van der Waals surface area contributed by atoms with Crippen molar-refractivity contribution in [2.24, 2.45) is 0 Å². The highest BCUT2D eigenvalue weighted by atomic mass is 35.5. The first-order chi connectivity index (χ1) is 22.4. The molecule has 2 bridgehead atoms. The van der Waals surface area contributed by atoms with Gasteiger partial charge in [-0.15, -0.1) is 0 Å². The van der Waals surface area contributed by atoms with Crippen LogP contribution in [0.25, 0.3) is 0 Å². The monoisotopic (exact) mass is 730 g/mol. The number of alkyl halides is 6. The number of benzene rings is 2. The molecular weight excluding hydrogens is 704 g/mol. The van der Waals surface area contributed by atoms with E-state index in [1.807, 2.05) is 4.90 Å². The third-order valence-electron chi connectivity index (χ3n) is 9.07. The molecule has 2 unspecified atom stereocenters. The number of carbonyl (C=O) groups excluding carboxylic acids is 2. The SMILES string of the molecule is O=C(c1c(F)ccc(C2CC2)c1CN1C2CCC1CC(Oc1cc(C(F)(F)F)cc(Cl)c1F)C2)N(OC(=O)C(F)(F)F)S(=O)(=O)C1CC1. The number of fused-ring (bicyclic) bond motifs is 2. The summed E-state index contributed by atoms with van der Waals surface area (Å²) < 4.78 is 141. The second kappa shape index (κ2) is 12.3. The summed E-state index contributed by atoms with van der Waals surface area (Å²) >= 11 is 5.70. The number of amides is 1. The van der Waals surface area contributed by atoms with Gasteiger partial charge in [-0.3, -0.25) is 9.69 Å².